The predicted molar refractivity (Wildman–Crippen MR) is 129 cm³/mol. The number of hydrogen-bond donors (Lipinski definition) is 1. The molecule has 5 nitrogen and oxygen atoms in total. The number of aliphatic imine (C=N–C) groups is 1. The summed E-state index contributed by atoms with van der Waals surface area (Å²) in [5, 5.41) is 1.31. The molecule has 0 spiro atoms. The number of amides is 1. The molecule has 0 aliphatic heterocycles. The van der Waals surface area contributed by atoms with E-state index in [4.69, 9.17) is 26.8 Å². The van der Waals surface area contributed by atoms with Gasteiger partial charge in [-0.15, -0.1) is 11.3 Å². The molecule has 0 atom stereocenters. The van der Waals surface area contributed by atoms with Crippen molar-refractivity contribution in [1.29, 1.82) is 0 Å². The number of thiophene rings is 1. The van der Waals surface area contributed by atoms with Gasteiger partial charge in [0.25, 0.3) is 5.91 Å². The zero-order valence-electron chi connectivity index (χ0n) is 16.8. The molecule has 0 saturated heterocycles. The van der Waals surface area contributed by atoms with Crippen LogP contribution in [0.5, 0.6) is 11.5 Å². The molecule has 1 heterocycles. The number of carbonyl (C=O) groups is 1. The van der Waals surface area contributed by atoms with Gasteiger partial charge in [-0.3, -0.25) is 4.79 Å². The van der Waals surface area contributed by atoms with Gasteiger partial charge in [-0.2, -0.15) is 0 Å². The van der Waals surface area contributed by atoms with E-state index in [-0.39, 0.29) is 0 Å². The highest BCUT2D eigenvalue weighted by atomic mass is 79.9. The summed E-state index contributed by atoms with van der Waals surface area (Å²) in [4.78, 5) is 17.7. The summed E-state index contributed by atoms with van der Waals surface area (Å²) >= 11 is 11.3. The third kappa shape index (κ3) is 4.63. The van der Waals surface area contributed by atoms with Crippen LogP contribution < -0.4 is 15.2 Å². The van der Waals surface area contributed by atoms with Gasteiger partial charge in [-0.25, -0.2) is 4.99 Å². The minimum Gasteiger partial charge on any atom is -0.493 e. The molecule has 1 aromatic heterocycles. The number of carbonyl (C=O) groups excluding carboxylic acids is 1. The quantitative estimate of drug-likeness (QED) is 0.384. The van der Waals surface area contributed by atoms with Crippen LogP contribution in [0.1, 0.15) is 38.3 Å². The minimum absolute atomic E-state index is 0.310. The highest BCUT2D eigenvalue weighted by Gasteiger charge is 2.24. The zero-order valence-corrected chi connectivity index (χ0v) is 19.9. The number of aryl methyl sites for hydroxylation is 1. The van der Waals surface area contributed by atoms with E-state index in [0.717, 1.165) is 40.4 Å². The van der Waals surface area contributed by atoms with E-state index < -0.39 is 5.91 Å². The second-order valence-corrected chi connectivity index (χ2v) is 9.42. The Hall–Kier alpha value is -2.35. The van der Waals surface area contributed by atoms with Crippen molar-refractivity contribution in [2.45, 2.75) is 25.9 Å². The van der Waals surface area contributed by atoms with Crippen LogP contribution in [0.2, 0.25) is 5.02 Å². The van der Waals surface area contributed by atoms with Crippen LogP contribution in [0.3, 0.4) is 0 Å². The van der Waals surface area contributed by atoms with Gasteiger partial charge in [-0.05, 0) is 64.5 Å². The van der Waals surface area contributed by atoms with E-state index >= 15 is 0 Å². The van der Waals surface area contributed by atoms with Crippen LogP contribution in [0.4, 0.5) is 5.00 Å². The largest absolute Gasteiger partial charge is 0.493 e. The van der Waals surface area contributed by atoms with Crippen molar-refractivity contribution in [2.24, 2.45) is 10.7 Å². The third-order valence-electron chi connectivity index (χ3n) is 5.06. The Labute approximate surface area is 198 Å². The van der Waals surface area contributed by atoms with Crippen molar-refractivity contribution in [1.82, 2.24) is 0 Å². The summed E-state index contributed by atoms with van der Waals surface area (Å²) in [5.41, 5.74) is 8.93. The number of hydrogen-bond acceptors (Lipinski definition) is 5. The second kappa shape index (κ2) is 9.42. The van der Waals surface area contributed by atoms with E-state index in [9.17, 15) is 4.79 Å². The van der Waals surface area contributed by atoms with E-state index in [2.05, 4.69) is 20.9 Å². The van der Waals surface area contributed by atoms with Gasteiger partial charge in [0.05, 0.1) is 17.1 Å². The molecule has 0 radical (unpaired) electrons. The van der Waals surface area contributed by atoms with Gasteiger partial charge in [0.15, 0.2) is 11.5 Å². The lowest BCUT2D eigenvalue weighted by Gasteiger charge is -2.14. The topological polar surface area (TPSA) is 73.9 Å². The molecular weight excluding hydrogens is 500 g/mol. The average molecular weight is 520 g/mol. The molecule has 160 valence electrons. The first kappa shape index (κ1) is 21.9. The summed E-state index contributed by atoms with van der Waals surface area (Å²) in [6.45, 7) is 0.310. The van der Waals surface area contributed by atoms with Crippen molar-refractivity contribution < 1.29 is 14.3 Å². The maximum Gasteiger partial charge on any atom is 0.252 e. The molecule has 3 aromatic rings. The highest BCUT2D eigenvalue weighted by Crippen LogP contribution is 2.41. The van der Waals surface area contributed by atoms with E-state index in [0.29, 0.717) is 33.7 Å². The standard InChI is InChI=1S/C23H20BrClN2O3S/c1-29-18-10-13(9-16(24)21(18)30-12-14-5-2-3-7-17(14)25)11-27-23-20(22(26)28)15-6-4-8-19(15)31-23/h2-3,5,7,9-11H,4,6,8,12H2,1H3,(H2,26,28). The summed E-state index contributed by atoms with van der Waals surface area (Å²) in [6.07, 6.45) is 4.63. The third-order valence-corrected chi connectivity index (χ3v) is 7.22. The molecule has 31 heavy (non-hydrogen) atoms. The first-order valence-electron chi connectivity index (χ1n) is 9.70. The van der Waals surface area contributed by atoms with Gasteiger partial charge >= 0.3 is 0 Å². The van der Waals surface area contributed by atoms with Crippen molar-refractivity contribution in [3.8, 4) is 11.5 Å². The van der Waals surface area contributed by atoms with Crippen LogP contribution in [-0.2, 0) is 19.4 Å². The molecular formula is C23H20BrClN2O3S. The number of nitrogens with two attached hydrogens (primary N) is 1. The maximum atomic E-state index is 12.0. The Morgan fingerprint density at radius 3 is 2.87 bits per heavy atom. The molecule has 2 N–H and O–H groups in total. The Kier molecular flexibility index (Phi) is 6.65. The SMILES string of the molecule is COc1cc(C=Nc2sc3c(c2C(N)=O)CCC3)cc(Br)c1OCc1ccccc1Cl. The predicted octanol–water partition coefficient (Wildman–Crippen LogP) is 6.09. The maximum absolute atomic E-state index is 12.0. The molecule has 0 unspecified atom stereocenters. The molecule has 4 rings (SSSR count). The van der Waals surface area contributed by atoms with Crippen LogP contribution in [0.25, 0.3) is 0 Å². The Morgan fingerprint density at radius 2 is 2.13 bits per heavy atom. The number of nitrogens with zero attached hydrogens (tertiary/aromatic N) is 1. The van der Waals surface area contributed by atoms with Gasteiger partial charge < -0.3 is 15.2 Å². The lowest BCUT2D eigenvalue weighted by atomic mass is 10.1. The van der Waals surface area contributed by atoms with E-state index in [1.54, 1.807) is 24.7 Å². The fourth-order valence-electron chi connectivity index (χ4n) is 3.59. The van der Waals surface area contributed by atoms with Crippen molar-refractivity contribution >= 4 is 56.0 Å². The first-order chi connectivity index (χ1) is 15.0. The lowest BCUT2D eigenvalue weighted by Crippen LogP contribution is -2.12. The molecule has 8 heteroatoms. The number of halogens is 2. The summed E-state index contributed by atoms with van der Waals surface area (Å²) in [6, 6.07) is 11.3. The monoisotopic (exact) mass is 518 g/mol. The molecule has 1 amide bonds. The van der Waals surface area contributed by atoms with Gasteiger partial charge in [0.2, 0.25) is 0 Å². The van der Waals surface area contributed by atoms with Gasteiger partial charge in [-0.1, -0.05) is 29.8 Å². The summed E-state index contributed by atoms with van der Waals surface area (Å²) in [5.74, 6) is 0.716. The molecule has 0 fully saturated rings. The number of ether oxygens (including phenoxy) is 2. The second-order valence-electron chi connectivity index (χ2n) is 7.07. The average Bonchev–Trinajstić information content (AvgIpc) is 3.32. The van der Waals surface area contributed by atoms with E-state index in [1.807, 2.05) is 36.4 Å². The van der Waals surface area contributed by atoms with Crippen LogP contribution in [-0.4, -0.2) is 19.2 Å². The Balaban J connectivity index is 1.59. The van der Waals surface area contributed by atoms with E-state index in [1.165, 1.54) is 4.88 Å². The van der Waals surface area contributed by atoms with Crippen LogP contribution in [0, 0.1) is 0 Å². The van der Waals surface area contributed by atoms with Crippen LogP contribution in [0.15, 0.2) is 45.9 Å². The van der Waals surface area contributed by atoms with Crippen molar-refractivity contribution in [3.63, 3.8) is 0 Å². The molecule has 2 aromatic carbocycles. The number of fused-ring (bicyclic) bond motifs is 1. The van der Waals surface area contributed by atoms with Crippen molar-refractivity contribution in [2.75, 3.05) is 7.11 Å². The number of primary amides is 1. The summed E-state index contributed by atoms with van der Waals surface area (Å²) in [7, 11) is 1.58. The number of rotatable bonds is 7. The van der Waals surface area contributed by atoms with Crippen LogP contribution >= 0.6 is 38.9 Å². The fourth-order valence-corrected chi connectivity index (χ4v) is 5.59. The minimum atomic E-state index is -0.423. The fraction of sp³-hybridized carbons (Fsp3) is 0.217. The van der Waals surface area contributed by atoms with Gasteiger partial charge in [0.1, 0.15) is 11.6 Å². The molecule has 0 bridgehead atoms. The normalized spacial score (nSPS) is 12.9. The summed E-state index contributed by atoms with van der Waals surface area (Å²) < 4.78 is 12.2. The zero-order chi connectivity index (χ0) is 22.0. The molecule has 1 aliphatic rings. The molecule has 0 saturated carbocycles. The van der Waals surface area contributed by atoms with Gasteiger partial charge in [0, 0.05) is 21.7 Å². The Morgan fingerprint density at radius 1 is 1.32 bits per heavy atom. The van der Waals surface area contributed by atoms with Crippen molar-refractivity contribution in [3.05, 3.63) is 73.0 Å². The number of methoxy groups -OCH3 is 1. The lowest BCUT2D eigenvalue weighted by molar-refractivity contribution is 0.100. The smallest absolute Gasteiger partial charge is 0.252 e. The molecule has 1 aliphatic carbocycles. The first-order valence-corrected chi connectivity index (χ1v) is 11.7. The highest BCUT2D eigenvalue weighted by molar-refractivity contribution is 9.10. The number of benzene rings is 2. The Bertz CT molecular complexity index is 1180.